The highest BCUT2D eigenvalue weighted by molar-refractivity contribution is 5.80. The van der Waals surface area contributed by atoms with Crippen molar-refractivity contribution in [3.8, 4) is 0 Å². The van der Waals surface area contributed by atoms with Gasteiger partial charge in [0.2, 0.25) is 5.91 Å². The predicted octanol–water partition coefficient (Wildman–Crippen LogP) is 1.01. The van der Waals surface area contributed by atoms with E-state index in [0.29, 0.717) is 25.6 Å². The molecule has 0 aromatic rings. The summed E-state index contributed by atoms with van der Waals surface area (Å²) in [6.45, 7) is 11.4. The quantitative estimate of drug-likeness (QED) is 0.387. The molecule has 27 heavy (non-hydrogen) atoms. The van der Waals surface area contributed by atoms with Crippen LogP contribution in [0.25, 0.3) is 0 Å². The highest BCUT2D eigenvalue weighted by Gasteiger charge is 2.24. The number of likely N-dealkylation sites (tertiary alicyclic amines) is 1. The molecule has 3 rings (SSSR count). The lowest BCUT2D eigenvalue weighted by atomic mass is 10.1. The molecule has 1 aliphatic carbocycles. The van der Waals surface area contributed by atoms with Gasteiger partial charge in [-0.3, -0.25) is 14.7 Å². The average Bonchev–Trinajstić information content (AvgIpc) is 3.53. The molecule has 0 unspecified atom stereocenters. The number of guanidine groups is 1. The van der Waals surface area contributed by atoms with Gasteiger partial charge in [-0.25, -0.2) is 0 Å². The lowest BCUT2D eigenvalue weighted by Gasteiger charge is -2.37. The monoisotopic (exact) mass is 379 g/mol. The van der Waals surface area contributed by atoms with Gasteiger partial charge in [-0.1, -0.05) is 0 Å². The molecule has 0 aromatic heterocycles. The van der Waals surface area contributed by atoms with Crippen LogP contribution >= 0.6 is 0 Å². The minimum Gasteiger partial charge on any atom is -0.379 e. The fraction of sp³-hybridized carbons (Fsp3) is 0.900. The van der Waals surface area contributed by atoms with Crippen LogP contribution in [0.2, 0.25) is 0 Å². The third kappa shape index (κ3) is 6.96. The first kappa shape index (κ1) is 20.4. The van der Waals surface area contributed by atoms with Gasteiger partial charge in [0.25, 0.3) is 0 Å². The van der Waals surface area contributed by atoms with Gasteiger partial charge in [-0.15, -0.1) is 0 Å². The molecule has 1 N–H and O–H groups in total. The lowest BCUT2D eigenvalue weighted by molar-refractivity contribution is -0.133. The molecule has 0 spiro atoms. The van der Waals surface area contributed by atoms with Gasteiger partial charge in [0, 0.05) is 52.4 Å². The summed E-state index contributed by atoms with van der Waals surface area (Å²) in [4.78, 5) is 23.8. The third-order valence-corrected chi connectivity index (χ3v) is 5.62. The fourth-order valence-electron chi connectivity index (χ4n) is 3.73. The standard InChI is InChI=1S/C20H37N5O2/c1-2-21-20(22-8-15-27-17-18-6-7-18)25-13-11-23(12-14-25)16-19(26)24-9-4-3-5-10-24/h18H,2-17H2,1H3,(H,21,22). The van der Waals surface area contributed by atoms with E-state index in [-0.39, 0.29) is 0 Å². The number of ether oxygens (including phenoxy) is 1. The van der Waals surface area contributed by atoms with Gasteiger partial charge in [-0.2, -0.15) is 0 Å². The zero-order chi connectivity index (χ0) is 18.9. The molecule has 7 nitrogen and oxygen atoms in total. The Bertz CT molecular complexity index is 481. The Hall–Kier alpha value is -1.34. The molecule has 7 heteroatoms. The minimum atomic E-state index is 0.302. The molecule has 1 saturated carbocycles. The minimum absolute atomic E-state index is 0.302. The SMILES string of the molecule is CCNC(=NCCOCC1CC1)N1CCN(CC(=O)N2CCCCC2)CC1. The summed E-state index contributed by atoms with van der Waals surface area (Å²) in [7, 11) is 0. The van der Waals surface area contributed by atoms with Gasteiger partial charge in [0.15, 0.2) is 5.96 Å². The van der Waals surface area contributed by atoms with E-state index in [9.17, 15) is 4.79 Å². The maximum Gasteiger partial charge on any atom is 0.236 e. The van der Waals surface area contributed by atoms with Gasteiger partial charge in [0.1, 0.15) is 0 Å². The zero-order valence-electron chi connectivity index (χ0n) is 17.0. The largest absolute Gasteiger partial charge is 0.379 e. The number of carbonyl (C=O) groups is 1. The highest BCUT2D eigenvalue weighted by Crippen LogP contribution is 2.28. The van der Waals surface area contributed by atoms with E-state index in [1.54, 1.807) is 0 Å². The van der Waals surface area contributed by atoms with Crippen LogP contribution in [0.15, 0.2) is 4.99 Å². The summed E-state index contributed by atoms with van der Waals surface area (Å²) in [5.74, 6) is 2.09. The van der Waals surface area contributed by atoms with Crippen molar-refractivity contribution in [2.45, 2.75) is 39.0 Å². The van der Waals surface area contributed by atoms with Gasteiger partial charge < -0.3 is 19.9 Å². The first-order chi connectivity index (χ1) is 13.3. The average molecular weight is 380 g/mol. The summed E-state index contributed by atoms with van der Waals surface area (Å²) in [5, 5.41) is 3.40. The Morgan fingerprint density at radius 3 is 2.44 bits per heavy atom. The molecule has 2 heterocycles. The van der Waals surface area contributed by atoms with Crippen LogP contribution < -0.4 is 5.32 Å². The molecule has 0 radical (unpaired) electrons. The maximum absolute atomic E-state index is 12.5. The molecule has 154 valence electrons. The van der Waals surface area contributed by atoms with E-state index in [0.717, 1.165) is 77.1 Å². The Morgan fingerprint density at radius 1 is 1.04 bits per heavy atom. The van der Waals surface area contributed by atoms with Crippen LogP contribution in [0.5, 0.6) is 0 Å². The molecule has 0 bridgehead atoms. The van der Waals surface area contributed by atoms with Crippen molar-refractivity contribution < 1.29 is 9.53 Å². The van der Waals surface area contributed by atoms with E-state index in [1.807, 2.05) is 4.90 Å². The second-order valence-corrected chi connectivity index (χ2v) is 7.96. The van der Waals surface area contributed by atoms with Crippen molar-refractivity contribution in [3.63, 3.8) is 0 Å². The molecule has 0 aromatic carbocycles. The van der Waals surface area contributed by atoms with Crippen molar-refractivity contribution >= 4 is 11.9 Å². The molecular weight excluding hydrogens is 342 g/mol. The van der Waals surface area contributed by atoms with Crippen molar-refractivity contribution in [1.29, 1.82) is 0 Å². The van der Waals surface area contributed by atoms with Crippen molar-refractivity contribution in [1.82, 2.24) is 20.0 Å². The molecule has 3 fully saturated rings. The van der Waals surface area contributed by atoms with Crippen molar-refractivity contribution in [2.24, 2.45) is 10.9 Å². The summed E-state index contributed by atoms with van der Waals surface area (Å²) in [6, 6.07) is 0. The number of rotatable bonds is 8. The normalized spacial score (nSPS) is 22.2. The van der Waals surface area contributed by atoms with Crippen molar-refractivity contribution in [3.05, 3.63) is 0 Å². The topological polar surface area (TPSA) is 60.4 Å². The maximum atomic E-state index is 12.5. The van der Waals surface area contributed by atoms with E-state index >= 15 is 0 Å². The molecule has 1 amide bonds. The Labute approximate surface area is 164 Å². The van der Waals surface area contributed by atoms with Gasteiger partial charge in [-0.05, 0) is 44.9 Å². The number of piperazine rings is 1. The fourth-order valence-corrected chi connectivity index (χ4v) is 3.73. The number of hydrogen-bond donors (Lipinski definition) is 1. The number of aliphatic imine (C=N–C) groups is 1. The van der Waals surface area contributed by atoms with Crippen LogP contribution in [-0.2, 0) is 9.53 Å². The number of nitrogens with zero attached hydrogens (tertiary/aromatic N) is 4. The summed E-state index contributed by atoms with van der Waals surface area (Å²) < 4.78 is 5.69. The van der Waals surface area contributed by atoms with E-state index in [2.05, 4.69) is 22.0 Å². The zero-order valence-corrected chi connectivity index (χ0v) is 17.0. The van der Waals surface area contributed by atoms with Crippen LogP contribution in [0.4, 0.5) is 0 Å². The lowest BCUT2D eigenvalue weighted by Crippen LogP contribution is -2.54. The van der Waals surface area contributed by atoms with Gasteiger partial charge in [0.05, 0.1) is 19.7 Å². The van der Waals surface area contributed by atoms with E-state index < -0.39 is 0 Å². The number of carbonyl (C=O) groups excluding carboxylic acids is 1. The number of nitrogens with one attached hydrogen (secondary N) is 1. The highest BCUT2D eigenvalue weighted by atomic mass is 16.5. The molecule has 2 saturated heterocycles. The molecule has 0 atom stereocenters. The predicted molar refractivity (Wildman–Crippen MR) is 108 cm³/mol. The van der Waals surface area contributed by atoms with Crippen LogP contribution in [0.3, 0.4) is 0 Å². The number of piperidine rings is 1. The second kappa shape index (κ2) is 10.9. The summed E-state index contributed by atoms with van der Waals surface area (Å²) in [6.07, 6.45) is 6.24. The third-order valence-electron chi connectivity index (χ3n) is 5.62. The second-order valence-electron chi connectivity index (χ2n) is 7.96. The first-order valence-electron chi connectivity index (χ1n) is 10.9. The molecule has 3 aliphatic rings. The number of hydrogen-bond acceptors (Lipinski definition) is 4. The van der Waals surface area contributed by atoms with Gasteiger partial charge >= 0.3 is 0 Å². The summed E-state index contributed by atoms with van der Waals surface area (Å²) >= 11 is 0. The summed E-state index contributed by atoms with van der Waals surface area (Å²) in [5.41, 5.74) is 0. The Kier molecular flexibility index (Phi) is 8.20. The smallest absolute Gasteiger partial charge is 0.236 e. The van der Waals surface area contributed by atoms with E-state index in [1.165, 1.54) is 19.3 Å². The van der Waals surface area contributed by atoms with Crippen molar-refractivity contribution in [2.75, 3.05) is 72.1 Å². The first-order valence-corrected chi connectivity index (χ1v) is 10.9. The molecule has 2 aliphatic heterocycles. The number of amides is 1. The van der Waals surface area contributed by atoms with E-state index in [4.69, 9.17) is 9.73 Å². The van der Waals surface area contributed by atoms with Crippen LogP contribution in [-0.4, -0.2) is 98.7 Å². The molecular formula is C20H37N5O2. The van der Waals surface area contributed by atoms with Crippen LogP contribution in [0.1, 0.15) is 39.0 Å². The Balaban J connectivity index is 1.37. The van der Waals surface area contributed by atoms with Crippen LogP contribution in [0, 0.1) is 5.92 Å². The Morgan fingerprint density at radius 2 is 1.78 bits per heavy atom.